The van der Waals surface area contributed by atoms with Gasteiger partial charge >= 0.3 is 0 Å². The van der Waals surface area contributed by atoms with E-state index in [-0.39, 0.29) is 0 Å². The molecule has 0 saturated heterocycles. The first-order valence-electron chi connectivity index (χ1n) is 6.07. The van der Waals surface area contributed by atoms with Gasteiger partial charge in [0.25, 0.3) is 0 Å². The lowest BCUT2D eigenvalue weighted by Crippen LogP contribution is -2.19. The fraction of sp³-hybridized carbons (Fsp3) is 0.615. The number of nitrogens with one attached hydrogen (secondary N) is 1. The van der Waals surface area contributed by atoms with Gasteiger partial charge in [-0.25, -0.2) is 0 Å². The van der Waals surface area contributed by atoms with Crippen LogP contribution in [0.4, 0.5) is 5.69 Å². The van der Waals surface area contributed by atoms with Crippen LogP contribution in [0.15, 0.2) is 18.3 Å². The molecule has 3 nitrogen and oxygen atoms in total. The summed E-state index contributed by atoms with van der Waals surface area (Å²) in [6, 6.07) is 4.63. The van der Waals surface area contributed by atoms with E-state index in [1.54, 1.807) is 0 Å². The maximum Gasteiger partial charge on any atom is 0.0574 e. The predicted octanol–water partition coefficient (Wildman–Crippen LogP) is 2.60. The first kappa shape index (κ1) is 13.0. The topological polar surface area (TPSA) is 28.2 Å². The molecule has 0 aliphatic rings. The van der Waals surface area contributed by atoms with Gasteiger partial charge in [0.1, 0.15) is 0 Å². The van der Waals surface area contributed by atoms with Crippen molar-refractivity contribution in [2.24, 2.45) is 0 Å². The van der Waals surface area contributed by atoms with E-state index in [0.29, 0.717) is 6.04 Å². The first-order chi connectivity index (χ1) is 7.72. The van der Waals surface area contributed by atoms with Crippen LogP contribution in [0.25, 0.3) is 0 Å². The summed E-state index contributed by atoms with van der Waals surface area (Å²) in [5, 5.41) is 3.27. The fourth-order valence-corrected chi connectivity index (χ4v) is 1.86. The largest absolute Gasteiger partial charge is 0.373 e. The predicted molar refractivity (Wildman–Crippen MR) is 69.9 cm³/mol. The third-order valence-electron chi connectivity index (χ3n) is 2.88. The van der Waals surface area contributed by atoms with E-state index in [1.807, 2.05) is 13.2 Å². The smallest absolute Gasteiger partial charge is 0.0574 e. The SMILES string of the molecule is CCCN(C)c1ccc(C(CC)NC)nc1. The second-order valence-electron chi connectivity index (χ2n) is 4.11. The zero-order chi connectivity index (χ0) is 12.0. The van der Waals surface area contributed by atoms with Crippen LogP contribution in [-0.4, -0.2) is 25.6 Å². The van der Waals surface area contributed by atoms with Crippen molar-refractivity contribution >= 4 is 5.69 Å². The highest BCUT2D eigenvalue weighted by molar-refractivity contribution is 5.43. The lowest BCUT2D eigenvalue weighted by molar-refractivity contribution is 0.561. The summed E-state index contributed by atoms with van der Waals surface area (Å²) in [5.41, 5.74) is 2.32. The molecule has 16 heavy (non-hydrogen) atoms. The van der Waals surface area contributed by atoms with Crippen LogP contribution in [0.1, 0.15) is 38.4 Å². The average molecular weight is 221 g/mol. The van der Waals surface area contributed by atoms with E-state index in [9.17, 15) is 0 Å². The number of nitrogens with zero attached hydrogens (tertiary/aromatic N) is 2. The number of anilines is 1. The Morgan fingerprint density at radius 2 is 2.12 bits per heavy atom. The molecule has 1 N–H and O–H groups in total. The molecule has 1 rings (SSSR count). The number of rotatable bonds is 6. The lowest BCUT2D eigenvalue weighted by Gasteiger charge is -2.19. The minimum atomic E-state index is 0.366. The van der Waals surface area contributed by atoms with Crippen molar-refractivity contribution in [1.29, 1.82) is 0 Å². The first-order valence-corrected chi connectivity index (χ1v) is 6.07. The maximum absolute atomic E-state index is 4.52. The Bertz CT molecular complexity index is 291. The van der Waals surface area contributed by atoms with Gasteiger partial charge in [-0.3, -0.25) is 4.98 Å². The minimum absolute atomic E-state index is 0.366. The van der Waals surface area contributed by atoms with Crippen LogP contribution in [-0.2, 0) is 0 Å². The van der Waals surface area contributed by atoms with E-state index in [0.717, 1.165) is 25.1 Å². The summed E-state index contributed by atoms with van der Waals surface area (Å²) in [5.74, 6) is 0. The van der Waals surface area contributed by atoms with E-state index in [1.165, 1.54) is 5.69 Å². The number of hydrogen-bond donors (Lipinski definition) is 1. The van der Waals surface area contributed by atoms with Gasteiger partial charge in [0.15, 0.2) is 0 Å². The standard InChI is InChI=1S/C13H23N3/c1-5-9-16(4)11-7-8-13(15-10-11)12(6-2)14-3/h7-8,10,12,14H,5-6,9H2,1-4H3. The van der Waals surface area contributed by atoms with Gasteiger partial charge in [0.05, 0.1) is 17.6 Å². The molecule has 1 atom stereocenters. The molecule has 0 aliphatic heterocycles. The fourth-order valence-electron chi connectivity index (χ4n) is 1.86. The molecule has 1 aromatic heterocycles. The Morgan fingerprint density at radius 3 is 2.56 bits per heavy atom. The van der Waals surface area contributed by atoms with Gasteiger partial charge in [0, 0.05) is 19.6 Å². The Balaban J connectivity index is 2.74. The number of aromatic nitrogens is 1. The highest BCUT2D eigenvalue weighted by Crippen LogP contribution is 2.17. The number of pyridine rings is 1. The summed E-state index contributed by atoms with van der Waals surface area (Å²) in [4.78, 5) is 6.75. The normalized spacial score (nSPS) is 12.5. The quantitative estimate of drug-likeness (QED) is 0.800. The average Bonchev–Trinajstić information content (AvgIpc) is 2.32. The van der Waals surface area contributed by atoms with Gasteiger partial charge < -0.3 is 10.2 Å². The molecular weight excluding hydrogens is 198 g/mol. The van der Waals surface area contributed by atoms with Gasteiger partial charge in [-0.1, -0.05) is 13.8 Å². The highest BCUT2D eigenvalue weighted by atomic mass is 15.1. The molecule has 1 heterocycles. The molecule has 0 saturated carbocycles. The van der Waals surface area contributed by atoms with Crippen molar-refractivity contribution in [1.82, 2.24) is 10.3 Å². The monoisotopic (exact) mass is 221 g/mol. The molecule has 0 fully saturated rings. The second-order valence-corrected chi connectivity index (χ2v) is 4.11. The van der Waals surface area contributed by atoms with Crippen molar-refractivity contribution in [2.75, 3.05) is 25.5 Å². The van der Waals surface area contributed by atoms with Gasteiger partial charge in [-0.15, -0.1) is 0 Å². The van der Waals surface area contributed by atoms with E-state index in [4.69, 9.17) is 0 Å². The van der Waals surface area contributed by atoms with Crippen molar-refractivity contribution in [3.8, 4) is 0 Å². The zero-order valence-electron chi connectivity index (χ0n) is 10.8. The molecule has 0 spiro atoms. The lowest BCUT2D eigenvalue weighted by atomic mass is 10.1. The van der Waals surface area contributed by atoms with Crippen molar-refractivity contribution in [3.05, 3.63) is 24.0 Å². The van der Waals surface area contributed by atoms with E-state index >= 15 is 0 Å². The van der Waals surface area contributed by atoms with E-state index in [2.05, 4.69) is 48.2 Å². The maximum atomic E-state index is 4.52. The molecule has 0 aromatic carbocycles. The van der Waals surface area contributed by atoms with Crippen LogP contribution in [0.2, 0.25) is 0 Å². The zero-order valence-corrected chi connectivity index (χ0v) is 10.8. The van der Waals surface area contributed by atoms with Gasteiger partial charge in [-0.05, 0) is 32.0 Å². The third kappa shape index (κ3) is 3.20. The Kier molecular flexibility index (Phi) is 5.26. The Morgan fingerprint density at radius 1 is 1.38 bits per heavy atom. The second kappa shape index (κ2) is 6.48. The number of hydrogen-bond acceptors (Lipinski definition) is 3. The van der Waals surface area contributed by atoms with Gasteiger partial charge in [-0.2, -0.15) is 0 Å². The Labute approximate surface area is 98.9 Å². The summed E-state index contributed by atoms with van der Waals surface area (Å²) < 4.78 is 0. The van der Waals surface area contributed by atoms with E-state index < -0.39 is 0 Å². The van der Waals surface area contributed by atoms with Crippen molar-refractivity contribution < 1.29 is 0 Å². The summed E-state index contributed by atoms with van der Waals surface area (Å²) in [7, 11) is 4.09. The minimum Gasteiger partial charge on any atom is -0.373 e. The molecule has 0 aliphatic carbocycles. The molecule has 0 bridgehead atoms. The van der Waals surface area contributed by atoms with Crippen LogP contribution in [0.5, 0.6) is 0 Å². The molecule has 0 amide bonds. The molecule has 3 heteroatoms. The summed E-state index contributed by atoms with van der Waals surface area (Å²) in [6.45, 7) is 5.43. The Hall–Kier alpha value is -1.09. The van der Waals surface area contributed by atoms with Crippen molar-refractivity contribution in [3.63, 3.8) is 0 Å². The molecular formula is C13H23N3. The van der Waals surface area contributed by atoms with Crippen LogP contribution in [0, 0.1) is 0 Å². The third-order valence-corrected chi connectivity index (χ3v) is 2.88. The van der Waals surface area contributed by atoms with Crippen LogP contribution < -0.4 is 10.2 Å². The highest BCUT2D eigenvalue weighted by Gasteiger charge is 2.08. The molecule has 0 radical (unpaired) electrons. The van der Waals surface area contributed by atoms with Crippen molar-refractivity contribution in [2.45, 2.75) is 32.7 Å². The van der Waals surface area contributed by atoms with Crippen LogP contribution >= 0.6 is 0 Å². The van der Waals surface area contributed by atoms with Crippen LogP contribution in [0.3, 0.4) is 0 Å². The summed E-state index contributed by atoms with van der Waals surface area (Å²) in [6.07, 6.45) is 4.19. The summed E-state index contributed by atoms with van der Waals surface area (Å²) >= 11 is 0. The molecule has 90 valence electrons. The molecule has 1 aromatic rings. The van der Waals surface area contributed by atoms with Gasteiger partial charge in [0.2, 0.25) is 0 Å². The molecule has 1 unspecified atom stereocenters.